The summed E-state index contributed by atoms with van der Waals surface area (Å²) < 4.78 is 6.24. The van der Waals surface area contributed by atoms with E-state index in [4.69, 9.17) is 15.4 Å². The van der Waals surface area contributed by atoms with E-state index < -0.39 is 35.9 Å². The maximum atomic E-state index is 11.9. The van der Waals surface area contributed by atoms with Gasteiger partial charge in [-0.2, -0.15) is 0 Å². The second-order valence-corrected chi connectivity index (χ2v) is 4.48. The molecule has 1 aliphatic heterocycles. The number of azide groups is 1. The third-order valence-corrected chi connectivity index (χ3v) is 3.12. The molecule has 0 unspecified atom stereocenters. The summed E-state index contributed by atoms with van der Waals surface area (Å²) in [5.41, 5.74) is 7.47. The first-order valence-corrected chi connectivity index (χ1v) is 5.79. The summed E-state index contributed by atoms with van der Waals surface area (Å²) in [4.78, 5) is 27.9. The van der Waals surface area contributed by atoms with E-state index in [-0.39, 0.29) is 12.0 Å². The highest BCUT2D eigenvalue weighted by molar-refractivity contribution is 5.04. The number of H-pyrrole nitrogens is 1. The minimum Gasteiger partial charge on any atom is -0.394 e. The first-order valence-electron chi connectivity index (χ1n) is 5.79. The number of aliphatic hydroxyl groups excluding tert-OH is 2. The van der Waals surface area contributed by atoms with Crippen LogP contribution in [-0.2, 0) is 10.6 Å². The molecule has 0 radical (unpaired) electrons. The van der Waals surface area contributed by atoms with Crippen molar-refractivity contribution < 1.29 is 14.9 Å². The monoisotopic (exact) mass is 283 g/mol. The van der Waals surface area contributed by atoms with Crippen LogP contribution in [0.3, 0.4) is 0 Å². The fourth-order valence-electron chi connectivity index (χ4n) is 2.10. The van der Waals surface area contributed by atoms with Gasteiger partial charge in [0.1, 0.15) is 6.10 Å². The van der Waals surface area contributed by atoms with Crippen molar-refractivity contribution in [3.63, 3.8) is 0 Å². The van der Waals surface area contributed by atoms with Gasteiger partial charge in [0.2, 0.25) is 5.85 Å². The van der Waals surface area contributed by atoms with E-state index in [2.05, 4.69) is 15.0 Å². The Morgan fingerprint density at radius 2 is 2.40 bits per heavy atom. The lowest BCUT2D eigenvalue weighted by molar-refractivity contribution is -0.115. The fourth-order valence-corrected chi connectivity index (χ4v) is 2.10. The van der Waals surface area contributed by atoms with Gasteiger partial charge in [-0.15, -0.1) is 0 Å². The van der Waals surface area contributed by atoms with Gasteiger partial charge in [-0.3, -0.25) is 14.3 Å². The van der Waals surface area contributed by atoms with Crippen molar-refractivity contribution in [1.82, 2.24) is 9.55 Å². The Morgan fingerprint density at radius 1 is 1.70 bits per heavy atom. The van der Waals surface area contributed by atoms with Crippen molar-refractivity contribution in [2.24, 2.45) is 5.11 Å². The Balaban J connectivity index is 2.62. The van der Waals surface area contributed by atoms with Gasteiger partial charge in [0.15, 0.2) is 0 Å². The van der Waals surface area contributed by atoms with E-state index >= 15 is 0 Å². The maximum Gasteiger partial charge on any atom is 0.330 e. The van der Waals surface area contributed by atoms with E-state index in [0.29, 0.717) is 0 Å². The van der Waals surface area contributed by atoms with Crippen molar-refractivity contribution >= 4 is 0 Å². The highest BCUT2D eigenvalue weighted by atomic mass is 16.6. The Hall–Kier alpha value is -2.13. The summed E-state index contributed by atoms with van der Waals surface area (Å²) in [6.07, 6.45) is -1.13. The average molecular weight is 283 g/mol. The molecule has 0 amide bonds. The number of aromatic amines is 1. The molecule has 10 nitrogen and oxygen atoms in total. The second kappa shape index (κ2) is 5.10. The molecule has 3 atom stereocenters. The van der Waals surface area contributed by atoms with Gasteiger partial charge < -0.3 is 14.9 Å². The number of hydrogen-bond acceptors (Lipinski definition) is 6. The predicted octanol–water partition coefficient (Wildman–Crippen LogP) is -1.09. The summed E-state index contributed by atoms with van der Waals surface area (Å²) >= 11 is 0. The zero-order valence-corrected chi connectivity index (χ0v) is 10.6. The standard InChI is InChI=1S/C10H13N5O5/c1-5-3-15(9(19)12-8(5)18)10(13-14-11)2-6(17)7(4-16)20-10/h3,6-7,16-17H,2,4H2,1H3,(H,12,18,19)/t6-,7-,10+/m1/s1. The molecule has 2 heterocycles. The van der Waals surface area contributed by atoms with Crippen LogP contribution < -0.4 is 11.2 Å². The number of nitrogens with zero attached hydrogens (tertiary/aromatic N) is 4. The summed E-state index contributed by atoms with van der Waals surface area (Å²) in [7, 11) is 0. The van der Waals surface area contributed by atoms with Crippen LogP contribution in [0.15, 0.2) is 20.9 Å². The minimum atomic E-state index is -1.81. The number of nitrogens with one attached hydrogen (secondary N) is 1. The molecule has 0 aliphatic carbocycles. The Kier molecular flexibility index (Phi) is 3.64. The van der Waals surface area contributed by atoms with Crippen molar-refractivity contribution in [2.45, 2.75) is 31.4 Å². The molecule has 1 saturated heterocycles. The molecule has 0 aromatic carbocycles. The lowest BCUT2D eigenvalue weighted by Crippen LogP contribution is -2.43. The molecule has 20 heavy (non-hydrogen) atoms. The molecular formula is C10H13N5O5. The molecule has 108 valence electrons. The van der Waals surface area contributed by atoms with E-state index in [1.807, 2.05) is 0 Å². The summed E-state index contributed by atoms with van der Waals surface area (Å²) in [6.45, 7) is 0.967. The van der Waals surface area contributed by atoms with Crippen LogP contribution in [0.1, 0.15) is 12.0 Å². The first kappa shape index (κ1) is 14.3. The van der Waals surface area contributed by atoms with Crippen LogP contribution in [0.25, 0.3) is 10.4 Å². The highest BCUT2D eigenvalue weighted by Gasteiger charge is 2.47. The Morgan fingerprint density at radius 3 is 2.95 bits per heavy atom. The SMILES string of the molecule is Cc1cn([C@@]2(N=[N+]=[N-])C[C@@H](O)[C@@H](CO)O2)c(=O)[nH]c1=O. The largest absolute Gasteiger partial charge is 0.394 e. The van der Waals surface area contributed by atoms with Crippen LogP contribution in [0.4, 0.5) is 0 Å². The van der Waals surface area contributed by atoms with E-state index in [1.54, 1.807) is 0 Å². The predicted molar refractivity (Wildman–Crippen MR) is 65.8 cm³/mol. The lowest BCUT2D eigenvalue weighted by Gasteiger charge is -2.25. The minimum absolute atomic E-state index is 0.211. The average Bonchev–Trinajstić information content (AvgIpc) is 2.71. The summed E-state index contributed by atoms with van der Waals surface area (Å²) in [5, 5.41) is 22.3. The van der Waals surface area contributed by atoms with Gasteiger partial charge in [0.05, 0.1) is 12.7 Å². The number of aryl methyl sites for hydroxylation is 1. The van der Waals surface area contributed by atoms with Crippen LogP contribution in [-0.4, -0.2) is 38.6 Å². The van der Waals surface area contributed by atoms with Crippen molar-refractivity contribution in [1.29, 1.82) is 0 Å². The molecule has 0 spiro atoms. The zero-order chi connectivity index (χ0) is 14.9. The molecule has 0 bridgehead atoms. The van der Waals surface area contributed by atoms with Gasteiger partial charge in [0.25, 0.3) is 5.56 Å². The zero-order valence-electron chi connectivity index (χ0n) is 10.6. The molecule has 10 heteroatoms. The van der Waals surface area contributed by atoms with Gasteiger partial charge in [-0.1, -0.05) is 0 Å². The summed E-state index contributed by atoms with van der Waals surface area (Å²) in [6, 6.07) is 0. The van der Waals surface area contributed by atoms with E-state index in [0.717, 1.165) is 4.57 Å². The highest BCUT2D eigenvalue weighted by Crippen LogP contribution is 2.35. The van der Waals surface area contributed by atoms with Crippen molar-refractivity contribution in [3.05, 3.63) is 43.0 Å². The topological polar surface area (TPSA) is 153 Å². The molecule has 0 saturated carbocycles. The van der Waals surface area contributed by atoms with Crippen LogP contribution in [0.2, 0.25) is 0 Å². The summed E-state index contributed by atoms with van der Waals surface area (Å²) in [5.74, 6) is -1.81. The van der Waals surface area contributed by atoms with Crippen molar-refractivity contribution in [3.8, 4) is 0 Å². The molecule has 2 rings (SSSR count). The van der Waals surface area contributed by atoms with Crippen LogP contribution in [0.5, 0.6) is 0 Å². The number of aliphatic hydroxyl groups is 2. The number of rotatable bonds is 3. The first-order chi connectivity index (χ1) is 9.43. The van der Waals surface area contributed by atoms with Gasteiger partial charge in [-0.05, 0) is 17.6 Å². The maximum absolute atomic E-state index is 11.9. The molecule has 1 aromatic heterocycles. The normalized spacial score (nSPS) is 29.1. The number of hydrogen-bond donors (Lipinski definition) is 3. The Labute approximate surface area is 111 Å². The molecule has 1 aliphatic rings. The van der Waals surface area contributed by atoms with Crippen LogP contribution in [0, 0.1) is 6.92 Å². The van der Waals surface area contributed by atoms with Gasteiger partial charge in [-0.25, -0.2) is 4.79 Å². The number of ether oxygens (including phenoxy) is 1. The van der Waals surface area contributed by atoms with Gasteiger partial charge >= 0.3 is 5.69 Å². The van der Waals surface area contributed by atoms with Gasteiger partial charge in [0, 0.05) is 23.1 Å². The van der Waals surface area contributed by atoms with E-state index in [9.17, 15) is 14.7 Å². The second-order valence-electron chi connectivity index (χ2n) is 4.48. The van der Waals surface area contributed by atoms with E-state index in [1.165, 1.54) is 13.1 Å². The van der Waals surface area contributed by atoms with Crippen molar-refractivity contribution in [2.75, 3.05) is 6.61 Å². The number of aromatic nitrogens is 2. The molecule has 3 N–H and O–H groups in total. The smallest absolute Gasteiger partial charge is 0.330 e. The lowest BCUT2D eigenvalue weighted by atomic mass is 10.1. The molecular weight excluding hydrogens is 270 g/mol. The molecule has 1 aromatic rings. The fraction of sp³-hybridized carbons (Fsp3) is 0.600. The molecule has 1 fully saturated rings. The third kappa shape index (κ3) is 2.21. The quantitative estimate of drug-likeness (QED) is 0.365. The Bertz CT molecular complexity index is 675. The third-order valence-electron chi connectivity index (χ3n) is 3.12. The van der Waals surface area contributed by atoms with Crippen LogP contribution >= 0.6 is 0 Å².